The molecule has 0 atom stereocenters. The Labute approximate surface area is 194 Å². The molecule has 0 bridgehead atoms. The van der Waals surface area contributed by atoms with Gasteiger partial charge < -0.3 is 9.30 Å². The molecule has 1 aliphatic heterocycles. The highest BCUT2D eigenvalue weighted by Crippen LogP contribution is 2.29. The number of aliphatic imine (C=N–C) groups is 1. The number of aryl methyl sites for hydroxylation is 1. The van der Waals surface area contributed by atoms with Crippen LogP contribution in [0.1, 0.15) is 11.1 Å². The van der Waals surface area contributed by atoms with Gasteiger partial charge in [0.1, 0.15) is 0 Å². The number of non-ortho nitro benzene ring substituents is 1. The van der Waals surface area contributed by atoms with Crippen molar-refractivity contribution in [2.75, 3.05) is 0 Å². The van der Waals surface area contributed by atoms with E-state index >= 15 is 0 Å². The number of hydrogen-bond donors (Lipinski definition) is 0. The Morgan fingerprint density at radius 1 is 0.941 bits per heavy atom. The number of benzene rings is 3. The molecule has 166 valence electrons. The smallest absolute Gasteiger partial charge is 0.363 e. The fourth-order valence-corrected chi connectivity index (χ4v) is 3.94. The maximum atomic E-state index is 12.1. The molecule has 0 amide bonds. The highest BCUT2D eigenvalue weighted by atomic mass is 16.6. The summed E-state index contributed by atoms with van der Waals surface area (Å²) >= 11 is 0. The summed E-state index contributed by atoms with van der Waals surface area (Å²) in [4.78, 5) is 26.6. The summed E-state index contributed by atoms with van der Waals surface area (Å²) in [6, 6.07) is 20.4. The number of allylic oxidation sites excluding steroid dienone is 4. The second-order valence-electron chi connectivity index (χ2n) is 7.76. The fraction of sp³-hybridized carbons (Fsp3) is 0.0370. The van der Waals surface area contributed by atoms with Crippen LogP contribution in [-0.2, 0) is 16.6 Å². The van der Waals surface area contributed by atoms with Gasteiger partial charge in [-0.15, -0.1) is 0 Å². The minimum Gasteiger partial charge on any atom is -0.402 e. The zero-order valence-corrected chi connectivity index (χ0v) is 18.2. The van der Waals surface area contributed by atoms with Gasteiger partial charge in [-0.1, -0.05) is 48.6 Å². The van der Waals surface area contributed by atoms with Crippen molar-refractivity contribution in [3.63, 3.8) is 0 Å². The van der Waals surface area contributed by atoms with Crippen molar-refractivity contribution in [1.82, 2.24) is 4.57 Å². The monoisotopic (exact) mass is 449 g/mol. The summed E-state index contributed by atoms with van der Waals surface area (Å²) in [6.45, 7) is 0. The lowest BCUT2D eigenvalue weighted by atomic mass is 10.1. The first kappa shape index (κ1) is 21.1. The van der Waals surface area contributed by atoms with Crippen LogP contribution in [0.4, 0.5) is 5.69 Å². The molecule has 1 aliphatic rings. The lowest BCUT2D eigenvalue weighted by Crippen LogP contribution is -2.05. The van der Waals surface area contributed by atoms with Gasteiger partial charge in [-0.3, -0.25) is 10.1 Å². The number of hydrogen-bond acceptors (Lipinski definition) is 5. The van der Waals surface area contributed by atoms with E-state index in [1.807, 2.05) is 30.4 Å². The number of carbonyl (C=O) groups excluding carboxylic acids is 1. The Morgan fingerprint density at radius 2 is 1.71 bits per heavy atom. The average molecular weight is 449 g/mol. The molecule has 0 fully saturated rings. The summed E-state index contributed by atoms with van der Waals surface area (Å²) < 4.78 is 7.37. The first-order valence-electron chi connectivity index (χ1n) is 10.6. The molecule has 34 heavy (non-hydrogen) atoms. The molecule has 0 aliphatic carbocycles. The van der Waals surface area contributed by atoms with Gasteiger partial charge in [-0.25, -0.2) is 9.79 Å². The number of aromatic nitrogens is 1. The van der Waals surface area contributed by atoms with Crippen LogP contribution in [0.3, 0.4) is 0 Å². The third-order valence-corrected chi connectivity index (χ3v) is 5.65. The van der Waals surface area contributed by atoms with Gasteiger partial charge in [0.25, 0.3) is 5.69 Å². The van der Waals surface area contributed by atoms with E-state index in [-0.39, 0.29) is 17.3 Å². The summed E-state index contributed by atoms with van der Waals surface area (Å²) in [5.74, 6) is -0.443. The zero-order valence-electron chi connectivity index (χ0n) is 18.2. The van der Waals surface area contributed by atoms with Gasteiger partial charge in [-0.05, 0) is 42.0 Å². The number of rotatable bonds is 5. The normalized spacial score (nSPS) is 15.1. The van der Waals surface area contributed by atoms with E-state index < -0.39 is 10.9 Å². The van der Waals surface area contributed by atoms with E-state index in [0.29, 0.717) is 5.56 Å². The van der Waals surface area contributed by atoms with Crippen LogP contribution in [0.5, 0.6) is 0 Å². The Hall–Kier alpha value is -4.78. The number of nitro groups is 1. The molecule has 4 aromatic rings. The zero-order chi connectivity index (χ0) is 23.7. The molecule has 5 rings (SSSR count). The van der Waals surface area contributed by atoms with Crippen LogP contribution in [0.25, 0.3) is 27.9 Å². The van der Waals surface area contributed by atoms with Crippen LogP contribution < -0.4 is 0 Å². The topological polar surface area (TPSA) is 86.7 Å². The molecule has 3 aromatic carbocycles. The van der Waals surface area contributed by atoms with Crippen LogP contribution in [-0.4, -0.2) is 21.4 Å². The molecule has 0 saturated heterocycles. The Bertz CT molecular complexity index is 1570. The Kier molecular flexibility index (Phi) is 5.35. The van der Waals surface area contributed by atoms with Gasteiger partial charge in [0, 0.05) is 46.5 Å². The van der Waals surface area contributed by atoms with Gasteiger partial charge in [0.15, 0.2) is 5.70 Å². The molecular weight excluding hydrogens is 430 g/mol. The van der Waals surface area contributed by atoms with E-state index in [0.717, 1.165) is 5.56 Å². The number of ether oxygens (including phenoxy) is 1. The van der Waals surface area contributed by atoms with Crippen LogP contribution in [0, 0.1) is 10.1 Å². The fourth-order valence-electron chi connectivity index (χ4n) is 3.94. The van der Waals surface area contributed by atoms with Crippen molar-refractivity contribution in [1.29, 1.82) is 0 Å². The second-order valence-corrected chi connectivity index (χ2v) is 7.76. The summed E-state index contributed by atoms with van der Waals surface area (Å²) in [6.07, 6.45) is 8.98. The minimum absolute atomic E-state index is 0.0428. The predicted octanol–water partition coefficient (Wildman–Crippen LogP) is 5.70. The Morgan fingerprint density at radius 3 is 2.50 bits per heavy atom. The number of fused-ring (bicyclic) bond motifs is 3. The molecule has 7 nitrogen and oxygen atoms in total. The summed E-state index contributed by atoms with van der Waals surface area (Å²) in [5.41, 5.74) is 4.06. The van der Waals surface area contributed by atoms with Crippen LogP contribution in [0.2, 0.25) is 0 Å². The SMILES string of the molecule is Cn1c2ccccc2c2cc(/C=C/C=C/C=C3/N=C(c4ccc([N+](=O)[O-])cc4)OC3=O)ccc21. The maximum absolute atomic E-state index is 12.1. The van der Waals surface area contributed by atoms with Crippen molar-refractivity contribution in [2.24, 2.45) is 12.0 Å². The van der Waals surface area contributed by atoms with Gasteiger partial charge in [0.2, 0.25) is 5.90 Å². The first-order chi connectivity index (χ1) is 16.5. The molecule has 0 radical (unpaired) electrons. The summed E-state index contributed by atoms with van der Waals surface area (Å²) in [5, 5.41) is 13.2. The number of nitrogens with zero attached hydrogens (tertiary/aromatic N) is 3. The van der Waals surface area contributed by atoms with Crippen molar-refractivity contribution in [3.05, 3.63) is 118 Å². The average Bonchev–Trinajstić information content (AvgIpc) is 3.36. The van der Waals surface area contributed by atoms with Crippen LogP contribution in [0.15, 0.2) is 102 Å². The van der Waals surface area contributed by atoms with E-state index in [9.17, 15) is 14.9 Å². The molecule has 0 unspecified atom stereocenters. The van der Waals surface area contributed by atoms with Gasteiger partial charge >= 0.3 is 5.97 Å². The van der Waals surface area contributed by atoms with Crippen molar-refractivity contribution in [3.8, 4) is 0 Å². The highest BCUT2D eigenvalue weighted by molar-refractivity contribution is 6.11. The highest BCUT2D eigenvalue weighted by Gasteiger charge is 2.23. The quantitative estimate of drug-likeness (QED) is 0.129. The van der Waals surface area contributed by atoms with Gasteiger partial charge in [-0.2, -0.15) is 0 Å². The first-order valence-corrected chi connectivity index (χ1v) is 10.6. The van der Waals surface area contributed by atoms with Crippen molar-refractivity contribution in [2.45, 2.75) is 0 Å². The molecule has 0 N–H and O–H groups in total. The van der Waals surface area contributed by atoms with E-state index in [1.54, 1.807) is 12.2 Å². The van der Waals surface area contributed by atoms with E-state index in [1.165, 1.54) is 46.1 Å². The van der Waals surface area contributed by atoms with Crippen molar-refractivity contribution >= 4 is 45.4 Å². The van der Waals surface area contributed by atoms with E-state index in [2.05, 4.69) is 46.9 Å². The summed E-state index contributed by atoms with van der Waals surface area (Å²) in [7, 11) is 2.07. The van der Waals surface area contributed by atoms with Crippen LogP contribution >= 0.6 is 0 Å². The van der Waals surface area contributed by atoms with Gasteiger partial charge in [0.05, 0.1) is 4.92 Å². The lowest BCUT2D eigenvalue weighted by Gasteiger charge is -1.98. The molecule has 7 heteroatoms. The number of carbonyl (C=O) groups is 1. The number of esters is 1. The number of cyclic esters (lactones) is 1. The maximum Gasteiger partial charge on any atom is 0.363 e. The van der Waals surface area contributed by atoms with E-state index in [4.69, 9.17) is 4.74 Å². The Balaban J connectivity index is 1.31. The molecule has 1 aromatic heterocycles. The molecule has 0 spiro atoms. The minimum atomic E-state index is -0.566. The third kappa shape index (κ3) is 3.91. The second kappa shape index (κ2) is 8.63. The standard InChI is InChI=1S/C27H19N3O4/c1-29-24-10-6-5-8-21(24)22-17-18(11-16-25(22)29)7-3-2-4-9-23-27(31)34-26(28-23)19-12-14-20(15-13-19)30(32)33/h2-17H,1H3/b4-2+,7-3+,23-9+. The molecular formula is C27H19N3O4. The number of para-hydroxylation sites is 1. The van der Waals surface area contributed by atoms with Crippen molar-refractivity contribution < 1.29 is 14.5 Å². The predicted molar refractivity (Wildman–Crippen MR) is 132 cm³/mol. The molecule has 0 saturated carbocycles. The third-order valence-electron chi connectivity index (χ3n) is 5.65. The largest absolute Gasteiger partial charge is 0.402 e. The lowest BCUT2D eigenvalue weighted by molar-refractivity contribution is -0.384. The molecule has 2 heterocycles. The number of nitro benzene ring substituents is 1.